The van der Waals surface area contributed by atoms with Gasteiger partial charge in [0.05, 0.1) is 0 Å². The number of halogens is 1. The van der Waals surface area contributed by atoms with Gasteiger partial charge in [0.15, 0.2) is 16.6 Å². The van der Waals surface area contributed by atoms with E-state index in [4.69, 9.17) is 21.7 Å². The first-order valence-corrected chi connectivity index (χ1v) is 11.2. The number of nitrogens with one attached hydrogen (secondary N) is 3. The largest absolute Gasteiger partial charge is 0.454 e. The number of aromatic nitrogens is 1. The van der Waals surface area contributed by atoms with Crippen LogP contribution in [0.25, 0.3) is 10.9 Å². The Balaban J connectivity index is 0.000000238. The van der Waals surface area contributed by atoms with Crippen LogP contribution in [-0.2, 0) is 13.0 Å². The Kier molecular flexibility index (Phi) is 7.42. The number of hydrogen-bond acceptors (Lipinski definition) is 3. The SMILES string of the molecule is Cc1[nH]c2ccccc2c1CCNC(=S)NCc1ccccc1F.c1ccc2c(c1)OCO2. The van der Waals surface area contributed by atoms with E-state index in [9.17, 15) is 4.39 Å². The van der Waals surface area contributed by atoms with Crippen molar-refractivity contribution in [2.75, 3.05) is 13.3 Å². The van der Waals surface area contributed by atoms with Gasteiger partial charge in [0.25, 0.3) is 0 Å². The summed E-state index contributed by atoms with van der Waals surface area (Å²) in [7, 11) is 0. The van der Waals surface area contributed by atoms with E-state index in [1.54, 1.807) is 12.1 Å². The van der Waals surface area contributed by atoms with Gasteiger partial charge in [-0.05, 0) is 55.4 Å². The minimum absolute atomic E-state index is 0.220. The third kappa shape index (κ3) is 5.81. The van der Waals surface area contributed by atoms with Crippen LogP contribution >= 0.6 is 12.2 Å². The molecule has 0 fully saturated rings. The molecule has 0 aliphatic carbocycles. The van der Waals surface area contributed by atoms with Gasteiger partial charge in [0.1, 0.15) is 5.82 Å². The predicted octanol–water partition coefficient (Wildman–Crippen LogP) is 5.24. The molecule has 0 bridgehead atoms. The normalized spacial score (nSPS) is 11.6. The minimum atomic E-state index is -0.220. The highest BCUT2D eigenvalue weighted by atomic mass is 32.1. The third-order valence-electron chi connectivity index (χ3n) is 5.36. The Morgan fingerprint density at radius 3 is 2.36 bits per heavy atom. The number of aromatic amines is 1. The second-order valence-electron chi connectivity index (χ2n) is 7.58. The molecule has 1 aliphatic rings. The number of para-hydroxylation sites is 3. The maximum absolute atomic E-state index is 13.6. The summed E-state index contributed by atoms with van der Waals surface area (Å²) in [6.07, 6.45) is 0.872. The molecule has 3 aromatic carbocycles. The van der Waals surface area contributed by atoms with Crippen molar-refractivity contribution in [1.29, 1.82) is 0 Å². The molecule has 1 aliphatic heterocycles. The lowest BCUT2D eigenvalue weighted by Gasteiger charge is -2.11. The van der Waals surface area contributed by atoms with E-state index in [0.717, 1.165) is 30.0 Å². The van der Waals surface area contributed by atoms with E-state index < -0.39 is 0 Å². The van der Waals surface area contributed by atoms with Crippen LogP contribution in [0.3, 0.4) is 0 Å². The molecule has 0 radical (unpaired) electrons. The van der Waals surface area contributed by atoms with E-state index in [-0.39, 0.29) is 5.82 Å². The molecule has 0 unspecified atom stereocenters. The Hall–Kier alpha value is -3.58. The Labute approximate surface area is 197 Å². The van der Waals surface area contributed by atoms with Gasteiger partial charge >= 0.3 is 0 Å². The number of ether oxygens (including phenoxy) is 2. The van der Waals surface area contributed by atoms with Crippen molar-refractivity contribution in [2.24, 2.45) is 0 Å². The number of rotatable bonds is 5. The fourth-order valence-corrected chi connectivity index (χ4v) is 3.86. The number of benzene rings is 3. The van der Waals surface area contributed by atoms with E-state index in [2.05, 4.69) is 34.7 Å². The summed E-state index contributed by atoms with van der Waals surface area (Å²) in [5.41, 5.74) is 4.25. The van der Waals surface area contributed by atoms with Crippen molar-refractivity contribution in [3.63, 3.8) is 0 Å². The summed E-state index contributed by atoms with van der Waals surface area (Å²) in [5.74, 6) is 1.47. The summed E-state index contributed by atoms with van der Waals surface area (Å²) in [4.78, 5) is 3.40. The Morgan fingerprint density at radius 1 is 0.939 bits per heavy atom. The molecule has 3 N–H and O–H groups in total. The highest BCUT2D eigenvalue weighted by Gasteiger charge is 2.10. The van der Waals surface area contributed by atoms with Crippen LogP contribution in [-0.4, -0.2) is 23.4 Å². The molecule has 5 rings (SSSR count). The first-order valence-electron chi connectivity index (χ1n) is 10.8. The van der Waals surface area contributed by atoms with Crippen LogP contribution < -0.4 is 20.1 Å². The molecule has 0 atom stereocenters. The lowest BCUT2D eigenvalue weighted by Crippen LogP contribution is -2.36. The van der Waals surface area contributed by atoms with Gasteiger partial charge in [-0.1, -0.05) is 48.5 Å². The molecule has 5 nitrogen and oxygen atoms in total. The molecule has 4 aromatic rings. The van der Waals surface area contributed by atoms with Crippen LogP contribution in [0.1, 0.15) is 16.8 Å². The molecule has 2 heterocycles. The molecule has 7 heteroatoms. The fraction of sp³-hybridized carbons (Fsp3) is 0.192. The zero-order valence-electron chi connectivity index (χ0n) is 18.4. The summed E-state index contributed by atoms with van der Waals surface area (Å²) < 4.78 is 23.7. The van der Waals surface area contributed by atoms with Crippen molar-refractivity contribution in [2.45, 2.75) is 19.9 Å². The van der Waals surface area contributed by atoms with Crippen molar-refractivity contribution in [3.8, 4) is 11.5 Å². The summed E-state index contributed by atoms with van der Waals surface area (Å²) in [6.45, 7) is 3.56. The van der Waals surface area contributed by atoms with E-state index in [0.29, 0.717) is 24.0 Å². The van der Waals surface area contributed by atoms with Crippen molar-refractivity contribution in [3.05, 3.63) is 95.4 Å². The number of H-pyrrole nitrogens is 1. The fourth-order valence-electron chi connectivity index (χ4n) is 3.68. The standard InChI is InChI=1S/C19H20FN3S.C7H6O2/c1-13-15(16-7-3-5-9-18(16)23-13)10-11-21-19(24)22-12-14-6-2-4-8-17(14)20;1-2-4-7-6(3-1)8-5-9-7/h2-9,23H,10-12H2,1H3,(H2,21,22,24);1-4H,5H2. The van der Waals surface area contributed by atoms with Gasteiger partial charge in [0, 0.05) is 35.2 Å². The maximum Gasteiger partial charge on any atom is 0.231 e. The van der Waals surface area contributed by atoms with Crippen molar-refractivity contribution in [1.82, 2.24) is 15.6 Å². The van der Waals surface area contributed by atoms with Gasteiger partial charge in [-0.3, -0.25) is 0 Å². The lowest BCUT2D eigenvalue weighted by molar-refractivity contribution is 0.174. The quantitative estimate of drug-likeness (QED) is 0.354. The number of thiocarbonyl (C=S) groups is 1. The van der Waals surface area contributed by atoms with Crippen LogP contribution in [0, 0.1) is 12.7 Å². The second-order valence-corrected chi connectivity index (χ2v) is 7.99. The van der Waals surface area contributed by atoms with Crippen molar-refractivity contribution < 1.29 is 13.9 Å². The number of fused-ring (bicyclic) bond motifs is 2. The third-order valence-corrected chi connectivity index (χ3v) is 5.65. The van der Waals surface area contributed by atoms with Gasteiger partial charge in [-0.2, -0.15) is 0 Å². The predicted molar refractivity (Wildman–Crippen MR) is 133 cm³/mol. The summed E-state index contributed by atoms with van der Waals surface area (Å²) in [5, 5.41) is 8.02. The Morgan fingerprint density at radius 2 is 1.61 bits per heavy atom. The zero-order chi connectivity index (χ0) is 23.0. The number of aryl methyl sites for hydroxylation is 1. The molecule has 0 spiro atoms. The molecular formula is C26H26FN3O2S. The average molecular weight is 464 g/mol. The lowest BCUT2D eigenvalue weighted by atomic mass is 10.1. The number of hydrogen-bond donors (Lipinski definition) is 3. The molecule has 0 amide bonds. The van der Waals surface area contributed by atoms with Crippen LogP contribution in [0.2, 0.25) is 0 Å². The van der Waals surface area contributed by atoms with Crippen LogP contribution in [0.4, 0.5) is 4.39 Å². The van der Waals surface area contributed by atoms with Crippen molar-refractivity contribution >= 4 is 28.2 Å². The minimum Gasteiger partial charge on any atom is -0.454 e. The first kappa shape index (κ1) is 22.6. The van der Waals surface area contributed by atoms with Gasteiger partial charge in [0.2, 0.25) is 6.79 Å². The summed E-state index contributed by atoms with van der Waals surface area (Å²) >= 11 is 5.27. The molecule has 170 valence electrons. The molecular weight excluding hydrogens is 437 g/mol. The smallest absolute Gasteiger partial charge is 0.231 e. The van der Waals surface area contributed by atoms with E-state index in [1.165, 1.54) is 22.7 Å². The molecule has 33 heavy (non-hydrogen) atoms. The van der Waals surface area contributed by atoms with Gasteiger partial charge in [-0.15, -0.1) is 0 Å². The van der Waals surface area contributed by atoms with Crippen LogP contribution in [0.15, 0.2) is 72.8 Å². The maximum atomic E-state index is 13.6. The molecule has 1 aromatic heterocycles. The van der Waals surface area contributed by atoms with E-state index >= 15 is 0 Å². The summed E-state index contributed by atoms with van der Waals surface area (Å²) in [6, 6.07) is 22.6. The van der Waals surface area contributed by atoms with Gasteiger partial charge in [-0.25, -0.2) is 4.39 Å². The zero-order valence-corrected chi connectivity index (χ0v) is 19.2. The van der Waals surface area contributed by atoms with Crippen LogP contribution in [0.5, 0.6) is 11.5 Å². The highest BCUT2D eigenvalue weighted by Crippen LogP contribution is 2.30. The Bertz CT molecular complexity index is 1220. The molecule has 0 saturated carbocycles. The molecule has 0 saturated heterocycles. The monoisotopic (exact) mass is 463 g/mol. The second kappa shape index (κ2) is 10.8. The van der Waals surface area contributed by atoms with Gasteiger partial charge < -0.3 is 25.1 Å². The topological polar surface area (TPSA) is 58.3 Å². The average Bonchev–Trinajstić information content (AvgIpc) is 3.43. The first-order chi connectivity index (χ1) is 16.1. The highest BCUT2D eigenvalue weighted by molar-refractivity contribution is 7.80. The van der Waals surface area contributed by atoms with E-state index in [1.807, 2.05) is 42.5 Å².